The largest absolute Gasteiger partial charge is 0.302 e. The van der Waals surface area contributed by atoms with Gasteiger partial charge in [0, 0.05) is 13.3 Å². The summed E-state index contributed by atoms with van der Waals surface area (Å²) in [6.45, 7) is 3.12. The average Bonchev–Trinajstić information content (AvgIpc) is 2.87. The summed E-state index contributed by atoms with van der Waals surface area (Å²) in [5.74, 6) is -0.879. The van der Waals surface area contributed by atoms with Crippen LogP contribution in [0.4, 0.5) is 5.13 Å². The Labute approximate surface area is 144 Å². The molecule has 128 valence electrons. The van der Waals surface area contributed by atoms with Crippen molar-refractivity contribution in [2.45, 2.75) is 26.0 Å². The molecule has 0 aliphatic carbocycles. The van der Waals surface area contributed by atoms with E-state index in [-0.39, 0.29) is 23.7 Å². The van der Waals surface area contributed by atoms with Crippen LogP contribution < -0.4 is 5.32 Å². The highest BCUT2D eigenvalue weighted by Gasteiger charge is 2.17. The standard InChI is InChI=1S/C16H18N2O4S2/c1-11-15(12(2)19)23-16(17-11)18-14(20)8-9-24(21,22)10-13-6-4-3-5-7-13/h3-7H,8-10H2,1-2H3,(H,17,18,20). The van der Waals surface area contributed by atoms with Crippen LogP contribution in [-0.2, 0) is 20.4 Å². The fourth-order valence-electron chi connectivity index (χ4n) is 2.11. The van der Waals surface area contributed by atoms with Crippen molar-refractivity contribution >= 4 is 38.0 Å². The third kappa shape index (κ3) is 5.24. The Morgan fingerprint density at radius 2 is 1.88 bits per heavy atom. The van der Waals surface area contributed by atoms with Crippen LogP contribution >= 0.6 is 11.3 Å². The number of hydrogen-bond donors (Lipinski definition) is 1. The molecule has 6 nitrogen and oxygen atoms in total. The molecule has 0 bridgehead atoms. The van der Waals surface area contributed by atoms with Crippen molar-refractivity contribution in [3.05, 3.63) is 46.5 Å². The Morgan fingerprint density at radius 3 is 2.46 bits per heavy atom. The number of anilines is 1. The maximum atomic E-state index is 12.1. The first-order chi connectivity index (χ1) is 11.3. The predicted octanol–water partition coefficient (Wildman–Crippen LogP) is 2.60. The summed E-state index contributed by atoms with van der Waals surface area (Å²) >= 11 is 1.09. The molecule has 1 heterocycles. The lowest BCUT2D eigenvalue weighted by molar-refractivity contribution is -0.115. The second-order valence-electron chi connectivity index (χ2n) is 5.37. The van der Waals surface area contributed by atoms with Crippen molar-refractivity contribution in [2.24, 2.45) is 0 Å². The summed E-state index contributed by atoms with van der Waals surface area (Å²) in [5.41, 5.74) is 1.25. The molecule has 1 aromatic heterocycles. The van der Waals surface area contributed by atoms with Crippen molar-refractivity contribution < 1.29 is 18.0 Å². The fourth-order valence-corrected chi connectivity index (χ4v) is 4.33. The van der Waals surface area contributed by atoms with Crippen LogP contribution in [0, 0.1) is 6.92 Å². The summed E-state index contributed by atoms with van der Waals surface area (Å²) in [4.78, 5) is 27.9. The quantitative estimate of drug-likeness (QED) is 0.760. The van der Waals surface area contributed by atoms with Crippen LogP contribution in [-0.4, -0.2) is 30.8 Å². The van der Waals surface area contributed by atoms with Gasteiger partial charge in [-0.05, 0) is 12.5 Å². The SMILES string of the molecule is CC(=O)c1sc(NC(=O)CCS(=O)(=O)Cc2ccccc2)nc1C. The predicted molar refractivity (Wildman–Crippen MR) is 94.0 cm³/mol. The van der Waals surface area contributed by atoms with Gasteiger partial charge in [-0.1, -0.05) is 41.7 Å². The number of rotatable bonds is 7. The molecule has 0 saturated heterocycles. The van der Waals surface area contributed by atoms with Crippen LogP contribution in [0.15, 0.2) is 30.3 Å². The number of Topliss-reactive ketones (excluding diaryl/α,β-unsaturated/α-hetero) is 1. The zero-order chi connectivity index (χ0) is 17.7. The normalized spacial score (nSPS) is 11.2. The molecule has 0 unspecified atom stereocenters. The average molecular weight is 366 g/mol. The Morgan fingerprint density at radius 1 is 1.21 bits per heavy atom. The Bertz CT molecular complexity index is 842. The van der Waals surface area contributed by atoms with Gasteiger partial charge in [-0.25, -0.2) is 13.4 Å². The molecule has 0 radical (unpaired) electrons. The van der Waals surface area contributed by atoms with Crippen LogP contribution in [0.25, 0.3) is 0 Å². The van der Waals surface area contributed by atoms with E-state index in [1.165, 1.54) is 6.92 Å². The molecule has 0 spiro atoms. The monoisotopic (exact) mass is 366 g/mol. The molecule has 8 heteroatoms. The summed E-state index contributed by atoms with van der Waals surface area (Å²) in [6.07, 6.45) is -0.150. The van der Waals surface area contributed by atoms with Crippen LogP contribution in [0.5, 0.6) is 0 Å². The zero-order valence-corrected chi connectivity index (χ0v) is 15.0. The summed E-state index contributed by atoms with van der Waals surface area (Å²) in [7, 11) is -3.37. The lowest BCUT2D eigenvalue weighted by Crippen LogP contribution is -2.18. The molecule has 2 aromatic rings. The van der Waals surface area contributed by atoms with E-state index in [0.717, 1.165) is 11.3 Å². The molecule has 0 atom stereocenters. The molecule has 0 aliphatic rings. The number of nitrogens with zero attached hydrogens (tertiary/aromatic N) is 1. The van der Waals surface area contributed by atoms with E-state index < -0.39 is 15.7 Å². The van der Waals surface area contributed by atoms with E-state index in [1.54, 1.807) is 31.2 Å². The molecule has 1 amide bonds. The number of amides is 1. The number of benzene rings is 1. The van der Waals surface area contributed by atoms with Gasteiger partial charge in [0.25, 0.3) is 0 Å². The highest BCUT2D eigenvalue weighted by Crippen LogP contribution is 2.23. The van der Waals surface area contributed by atoms with E-state index in [9.17, 15) is 18.0 Å². The fraction of sp³-hybridized carbons (Fsp3) is 0.312. The Balaban J connectivity index is 1.91. The third-order valence-electron chi connectivity index (χ3n) is 3.23. The highest BCUT2D eigenvalue weighted by atomic mass is 32.2. The lowest BCUT2D eigenvalue weighted by Gasteiger charge is -2.04. The van der Waals surface area contributed by atoms with Crippen molar-refractivity contribution in [1.82, 2.24) is 4.98 Å². The van der Waals surface area contributed by atoms with Crippen molar-refractivity contribution in [3.8, 4) is 0 Å². The van der Waals surface area contributed by atoms with Gasteiger partial charge in [0.05, 0.1) is 22.1 Å². The minimum absolute atomic E-state index is 0.0913. The van der Waals surface area contributed by atoms with Gasteiger partial charge >= 0.3 is 0 Å². The molecular weight excluding hydrogens is 348 g/mol. The molecule has 24 heavy (non-hydrogen) atoms. The topological polar surface area (TPSA) is 93.2 Å². The van der Waals surface area contributed by atoms with Gasteiger partial charge in [0.1, 0.15) is 0 Å². The molecule has 0 saturated carbocycles. The van der Waals surface area contributed by atoms with E-state index in [1.807, 2.05) is 6.07 Å². The van der Waals surface area contributed by atoms with Gasteiger partial charge in [-0.15, -0.1) is 0 Å². The smallest absolute Gasteiger partial charge is 0.227 e. The van der Waals surface area contributed by atoms with Crippen LogP contribution in [0.2, 0.25) is 0 Å². The lowest BCUT2D eigenvalue weighted by atomic mass is 10.2. The molecule has 1 N–H and O–H groups in total. The summed E-state index contributed by atoms with van der Waals surface area (Å²) in [5, 5.41) is 2.85. The van der Waals surface area contributed by atoms with Crippen LogP contribution in [0.1, 0.15) is 34.3 Å². The second-order valence-corrected chi connectivity index (χ2v) is 8.55. The van der Waals surface area contributed by atoms with E-state index in [0.29, 0.717) is 21.3 Å². The molecule has 0 fully saturated rings. The number of aryl methyl sites for hydroxylation is 1. The summed E-state index contributed by atoms with van der Waals surface area (Å²) in [6, 6.07) is 8.83. The molecular formula is C16H18N2O4S2. The molecule has 2 rings (SSSR count). The summed E-state index contributed by atoms with van der Waals surface area (Å²) < 4.78 is 24.1. The van der Waals surface area contributed by atoms with Crippen LogP contribution in [0.3, 0.4) is 0 Å². The van der Waals surface area contributed by atoms with Gasteiger partial charge in [0.15, 0.2) is 20.8 Å². The number of carbonyl (C=O) groups is 2. The van der Waals surface area contributed by atoms with Gasteiger partial charge < -0.3 is 5.32 Å². The maximum absolute atomic E-state index is 12.1. The van der Waals surface area contributed by atoms with E-state index in [2.05, 4.69) is 10.3 Å². The first kappa shape index (κ1) is 18.3. The van der Waals surface area contributed by atoms with Crippen molar-refractivity contribution in [3.63, 3.8) is 0 Å². The molecule has 0 aliphatic heterocycles. The Kier molecular flexibility index (Phi) is 5.84. The number of thiazole rings is 1. The number of sulfone groups is 1. The third-order valence-corrected chi connectivity index (χ3v) is 6.01. The van der Waals surface area contributed by atoms with Crippen molar-refractivity contribution in [2.75, 3.05) is 11.1 Å². The number of ketones is 1. The van der Waals surface area contributed by atoms with Gasteiger partial charge in [-0.2, -0.15) is 0 Å². The van der Waals surface area contributed by atoms with Gasteiger partial charge in [-0.3, -0.25) is 9.59 Å². The minimum atomic E-state index is -3.37. The van der Waals surface area contributed by atoms with Gasteiger partial charge in [0.2, 0.25) is 5.91 Å². The Hall–Kier alpha value is -2.06. The minimum Gasteiger partial charge on any atom is -0.302 e. The molecule has 1 aromatic carbocycles. The number of hydrogen-bond acceptors (Lipinski definition) is 6. The maximum Gasteiger partial charge on any atom is 0.227 e. The number of nitrogens with one attached hydrogen (secondary N) is 1. The van der Waals surface area contributed by atoms with E-state index >= 15 is 0 Å². The van der Waals surface area contributed by atoms with Crippen molar-refractivity contribution in [1.29, 1.82) is 0 Å². The zero-order valence-electron chi connectivity index (χ0n) is 13.4. The highest BCUT2D eigenvalue weighted by molar-refractivity contribution is 7.90. The number of aromatic nitrogens is 1. The number of carbonyl (C=O) groups excluding carboxylic acids is 2. The first-order valence-electron chi connectivity index (χ1n) is 7.29. The van der Waals surface area contributed by atoms with E-state index in [4.69, 9.17) is 0 Å². The second kappa shape index (κ2) is 7.67. The first-order valence-corrected chi connectivity index (χ1v) is 9.93.